The molecule has 0 saturated carbocycles. The number of hydrogen-bond donors (Lipinski definition) is 1. The molecule has 0 amide bonds. The van der Waals surface area contributed by atoms with Crippen molar-refractivity contribution in [3.63, 3.8) is 0 Å². The summed E-state index contributed by atoms with van der Waals surface area (Å²) in [6.07, 6.45) is 1.64. The third kappa shape index (κ3) is 6.21. The van der Waals surface area contributed by atoms with Crippen LogP contribution in [0.3, 0.4) is 0 Å². The van der Waals surface area contributed by atoms with Crippen LogP contribution in [-0.4, -0.2) is 26.3 Å². The number of nitriles is 1. The molecule has 40 heavy (non-hydrogen) atoms. The van der Waals surface area contributed by atoms with Gasteiger partial charge in [-0.05, 0) is 46.9 Å². The summed E-state index contributed by atoms with van der Waals surface area (Å²) in [5.74, 6) is 1.11. The SMILES string of the molecule is C=CCOc1ccc(C2C(C#N)=C(N)Oc3cc(OC(=O)COc4ccc(C(C)(C)C)cc4)ccc32)cc1OC. The second-order valence-electron chi connectivity index (χ2n) is 10.2. The molecule has 0 bridgehead atoms. The number of nitrogens with two attached hydrogens (primary N) is 1. The van der Waals surface area contributed by atoms with Gasteiger partial charge in [0.15, 0.2) is 18.1 Å². The summed E-state index contributed by atoms with van der Waals surface area (Å²) in [6, 6.07) is 20.1. The molecule has 4 rings (SSSR count). The molecule has 3 aromatic carbocycles. The van der Waals surface area contributed by atoms with Crippen LogP contribution in [0.15, 0.2) is 84.8 Å². The van der Waals surface area contributed by atoms with E-state index in [1.54, 1.807) is 43.5 Å². The highest BCUT2D eigenvalue weighted by atomic mass is 16.6. The molecule has 206 valence electrons. The highest BCUT2D eigenvalue weighted by molar-refractivity contribution is 5.74. The third-order valence-electron chi connectivity index (χ3n) is 6.38. The number of fused-ring (bicyclic) bond motifs is 1. The zero-order valence-corrected chi connectivity index (χ0v) is 23.0. The van der Waals surface area contributed by atoms with E-state index in [9.17, 15) is 10.1 Å². The predicted molar refractivity (Wildman–Crippen MR) is 151 cm³/mol. The second-order valence-corrected chi connectivity index (χ2v) is 10.2. The first kappa shape index (κ1) is 28.1. The first-order chi connectivity index (χ1) is 19.1. The molecule has 0 spiro atoms. The molecule has 1 aliphatic heterocycles. The van der Waals surface area contributed by atoms with Gasteiger partial charge < -0.3 is 29.4 Å². The molecule has 1 aliphatic rings. The number of methoxy groups -OCH3 is 1. The third-order valence-corrected chi connectivity index (χ3v) is 6.38. The summed E-state index contributed by atoms with van der Waals surface area (Å²) in [5.41, 5.74) is 9.01. The number of ether oxygens (including phenoxy) is 5. The highest BCUT2D eigenvalue weighted by Crippen LogP contribution is 2.45. The summed E-state index contributed by atoms with van der Waals surface area (Å²) >= 11 is 0. The zero-order chi connectivity index (χ0) is 28.9. The Balaban J connectivity index is 1.52. The van der Waals surface area contributed by atoms with Crippen LogP contribution in [0.2, 0.25) is 0 Å². The van der Waals surface area contributed by atoms with E-state index in [2.05, 4.69) is 33.4 Å². The van der Waals surface area contributed by atoms with Crippen LogP contribution in [0, 0.1) is 11.3 Å². The maximum absolute atomic E-state index is 12.5. The molecular formula is C32H32N2O6. The first-order valence-electron chi connectivity index (χ1n) is 12.7. The van der Waals surface area contributed by atoms with Crippen LogP contribution in [0.4, 0.5) is 0 Å². The van der Waals surface area contributed by atoms with Gasteiger partial charge in [0, 0.05) is 11.6 Å². The Bertz CT molecular complexity index is 1480. The number of carbonyl (C=O) groups is 1. The molecular weight excluding hydrogens is 508 g/mol. The molecule has 1 unspecified atom stereocenters. The molecule has 8 nitrogen and oxygen atoms in total. The molecule has 8 heteroatoms. The summed E-state index contributed by atoms with van der Waals surface area (Å²) in [4.78, 5) is 12.5. The van der Waals surface area contributed by atoms with Crippen molar-refractivity contribution in [3.05, 3.63) is 101 Å². The van der Waals surface area contributed by atoms with E-state index in [4.69, 9.17) is 29.4 Å². The fourth-order valence-electron chi connectivity index (χ4n) is 4.33. The first-order valence-corrected chi connectivity index (χ1v) is 12.7. The minimum Gasteiger partial charge on any atom is -0.493 e. The molecule has 1 heterocycles. The van der Waals surface area contributed by atoms with Gasteiger partial charge in [-0.15, -0.1) is 0 Å². The number of hydrogen-bond acceptors (Lipinski definition) is 8. The quantitative estimate of drug-likeness (QED) is 0.207. The lowest BCUT2D eigenvalue weighted by atomic mass is 9.83. The van der Waals surface area contributed by atoms with E-state index >= 15 is 0 Å². The van der Waals surface area contributed by atoms with E-state index < -0.39 is 11.9 Å². The van der Waals surface area contributed by atoms with Gasteiger partial charge in [-0.25, -0.2) is 4.79 Å². The van der Waals surface area contributed by atoms with Crippen molar-refractivity contribution in [2.24, 2.45) is 5.73 Å². The molecule has 0 aromatic heterocycles. The van der Waals surface area contributed by atoms with Crippen LogP contribution in [0.25, 0.3) is 0 Å². The van der Waals surface area contributed by atoms with Crippen molar-refractivity contribution in [1.82, 2.24) is 0 Å². The zero-order valence-electron chi connectivity index (χ0n) is 23.0. The van der Waals surface area contributed by atoms with Crippen molar-refractivity contribution in [3.8, 4) is 34.8 Å². The van der Waals surface area contributed by atoms with Gasteiger partial charge in [0.05, 0.1) is 13.0 Å². The smallest absolute Gasteiger partial charge is 0.349 e. The van der Waals surface area contributed by atoms with E-state index in [1.807, 2.05) is 30.3 Å². The van der Waals surface area contributed by atoms with E-state index in [-0.39, 0.29) is 29.2 Å². The summed E-state index contributed by atoms with van der Waals surface area (Å²) < 4.78 is 28.0. The minimum atomic E-state index is -0.576. The Morgan fingerprint density at radius 3 is 2.42 bits per heavy atom. The maximum atomic E-state index is 12.5. The topological polar surface area (TPSA) is 113 Å². The standard InChI is InChI=1S/C32H32N2O6/c1-6-15-37-26-14-7-20(16-28(26)36-5)30-24-13-12-23(17-27(24)40-31(34)25(30)18-33)39-29(35)19-38-22-10-8-21(9-11-22)32(2,3)4/h6-14,16-17,30H,1,15,19,34H2,2-5H3. The van der Waals surface area contributed by atoms with Crippen LogP contribution in [-0.2, 0) is 10.2 Å². The summed E-state index contributed by atoms with van der Waals surface area (Å²) in [5, 5.41) is 9.88. The van der Waals surface area contributed by atoms with E-state index in [0.717, 1.165) is 11.1 Å². The fraction of sp³-hybridized carbons (Fsp3) is 0.250. The molecule has 0 radical (unpaired) electrons. The Kier molecular flexibility index (Phi) is 8.34. The molecule has 2 N–H and O–H groups in total. The highest BCUT2D eigenvalue weighted by Gasteiger charge is 2.32. The number of rotatable bonds is 9. The lowest BCUT2D eigenvalue weighted by Crippen LogP contribution is -2.22. The summed E-state index contributed by atoms with van der Waals surface area (Å²) in [6.45, 7) is 10.1. The number of carbonyl (C=O) groups excluding carboxylic acids is 1. The van der Waals surface area contributed by atoms with Crippen molar-refractivity contribution >= 4 is 5.97 Å². The van der Waals surface area contributed by atoms with Gasteiger partial charge in [0.2, 0.25) is 5.88 Å². The van der Waals surface area contributed by atoms with Gasteiger partial charge in [-0.3, -0.25) is 0 Å². The monoisotopic (exact) mass is 540 g/mol. The van der Waals surface area contributed by atoms with Crippen molar-refractivity contribution in [2.75, 3.05) is 20.3 Å². The van der Waals surface area contributed by atoms with Crippen LogP contribution in [0.1, 0.15) is 43.4 Å². The van der Waals surface area contributed by atoms with Gasteiger partial charge in [0.1, 0.15) is 35.5 Å². The van der Waals surface area contributed by atoms with Gasteiger partial charge in [-0.1, -0.05) is 57.7 Å². The van der Waals surface area contributed by atoms with Gasteiger partial charge in [-0.2, -0.15) is 5.26 Å². The molecule has 1 atom stereocenters. The molecule has 0 aliphatic carbocycles. The van der Waals surface area contributed by atoms with Crippen LogP contribution in [0.5, 0.6) is 28.7 Å². The van der Waals surface area contributed by atoms with Gasteiger partial charge >= 0.3 is 5.97 Å². The van der Waals surface area contributed by atoms with E-state index in [1.165, 1.54) is 0 Å². The summed E-state index contributed by atoms with van der Waals surface area (Å²) in [7, 11) is 1.54. The van der Waals surface area contributed by atoms with Crippen LogP contribution >= 0.6 is 0 Å². The molecule has 0 saturated heterocycles. The second kappa shape index (κ2) is 11.9. The maximum Gasteiger partial charge on any atom is 0.349 e. The average Bonchev–Trinajstić information content (AvgIpc) is 2.93. The molecule has 3 aromatic rings. The minimum absolute atomic E-state index is 0.0208. The largest absolute Gasteiger partial charge is 0.493 e. The number of esters is 1. The average molecular weight is 541 g/mol. The Morgan fingerprint density at radius 1 is 1.05 bits per heavy atom. The fourth-order valence-corrected chi connectivity index (χ4v) is 4.33. The van der Waals surface area contributed by atoms with E-state index in [0.29, 0.717) is 35.2 Å². The predicted octanol–water partition coefficient (Wildman–Crippen LogP) is 5.76. The number of benzene rings is 3. The number of nitrogens with zero attached hydrogens (tertiary/aromatic N) is 1. The van der Waals surface area contributed by atoms with Crippen molar-refractivity contribution in [1.29, 1.82) is 5.26 Å². The normalized spacial score (nSPS) is 14.3. The van der Waals surface area contributed by atoms with Crippen molar-refractivity contribution < 1.29 is 28.5 Å². The lowest BCUT2D eigenvalue weighted by molar-refractivity contribution is -0.136. The Hall–Kier alpha value is -4.90. The molecule has 0 fully saturated rings. The number of allylic oxidation sites excluding steroid dienone is 1. The van der Waals surface area contributed by atoms with Crippen molar-refractivity contribution in [2.45, 2.75) is 32.1 Å². The Labute approximate surface area is 234 Å². The van der Waals surface area contributed by atoms with Crippen LogP contribution < -0.4 is 29.4 Å². The Morgan fingerprint density at radius 2 is 1.77 bits per heavy atom. The van der Waals surface area contributed by atoms with Gasteiger partial charge in [0.25, 0.3) is 0 Å². The lowest BCUT2D eigenvalue weighted by Gasteiger charge is -2.27.